The highest BCUT2D eigenvalue weighted by atomic mass is 32.2. The van der Waals surface area contributed by atoms with Crippen LogP contribution in [-0.2, 0) is 9.59 Å². The fraction of sp³-hybridized carbons (Fsp3) is 0.0571. The van der Waals surface area contributed by atoms with Crippen molar-refractivity contribution >= 4 is 63.1 Å². The fourth-order valence-electron chi connectivity index (χ4n) is 5.11. The van der Waals surface area contributed by atoms with Crippen molar-refractivity contribution in [3.8, 4) is 22.8 Å². The van der Waals surface area contributed by atoms with Crippen LogP contribution < -0.4 is 19.7 Å². The lowest BCUT2D eigenvalue weighted by molar-refractivity contribution is -0.114. The van der Waals surface area contributed by atoms with Crippen LogP contribution in [0.15, 0.2) is 114 Å². The Hall–Kier alpha value is -5.94. The second-order valence-corrected chi connectivity index (χ2v) is 11.2. The highest BCUT2D eigenvalue weighted by Gasteiger charge is 2.32. The van der Waals surface area contributed by atoms with Gasteiger partial charge in [0.25, 0.3) is 5.91 Å². The summed E-state index contributed by atoms with van der Waals surface area (Å²) in [6.07, 6.45) is 1.68. The average molecular weight is 629 g/mol. The summed E-state index contributed by atoms with van der Waals surface area (Å²) in [5.74, 6) is -0.383. The number of amidine groups is 1. The van der Waals surface area contributed by atoms with E-state index in [-0.39, 0.29) is 35.6 Å². The molecule has 5 aromatic rings. The fourth-order valence-corrected chi connectivity index (χ4v) is 5.92. The predicted molar refractivity (Wildman–Crippen MR) is 177 cm³/mol. The number of carboxylic acid groups (broad SMARTS) is 1. The minimum Gasteiger partial charge on any atom is -0.478 e. The van der Waals surface area contributed by atoms with Gasteiger partial charge in [0.2, 0.25) is 12.7 Å². The van der Waals surface area contributed by atoms with Crippen LogP contribution in [0.2, 0.25) is 0 Å². The molecule has 0 spiro atoms. The number of pyridine rings is 1. The molecule has 4 aromatic carbocycles. The van der Waals surface area contributed by atoms with Crippen LogP contribution >= 0.6 is 11.8 Å². The second kappa shape index (κ2) is 12.2. The van der Waals surface area contributed by atoms with Crippen molar-refractivity contribution in [2.75, 3.05) is 22.8 Å². The number of nitrogens with zero attached hydrogens (tertiary/aromatic N) is 3. The van der Waals surface area contributed by atoms with Crippen LogP contribution in [0.4, 0.5) is 11.4 Å². The molecule has 0 fully saturated rings. The maximum Gasteiger partial charge on any atom is 0.336 e. The maximum absolute atomic E-state index is 13.5. The molecule has 0 saturated carbocycles. The molecule has 0 radical (unpaired) electrons. The highest BCUT2D eigenvalue weighted by Crippen LogP contribution is 2.35. The normalized spacial score (nSPS) is 14.5. The molecule has 0 saturated heterocycles. The van der Waals surface area contributed by atoms with E-state index in [1.807, 2.05) is 42.5 Å². The van der Waals surface area contributed by atoms with Crippen LogP contribution in [-0.4, -0.2) is 45.6 Å². The zero-order valence-corrected chi connectivity index (χ0v) is 24.9. The number of thioether (sulfide) groups is 1. The number of aromatic carboxylic acids is 1. The number of ether oxygens (including phenoxy) is 2. The Labute approximate surface area is 267 Å². The Morgan fingerprint density at radius 3 is 2.48 bits per heavy atom. The van der Waals surface area contributed by atoms with Gasteiger partial charge in [-0.2, -0.15) is 0 Å². The van der Waals surface area contributed by atoms with E-state index in [9.17, 15) is 19.5 Å². The summed E-state index contributed by atoms with van der Waals surface area (Å²) in [6, 6.07) is 30.2. The number of fused-ring (bicyclic) bond motifs is 2. The lowest BCUT2D eigenvalue weighted by Gasteiger charge is -2.17. The van der Waals surface area contributed by atoms with Crippen molar-refractivity contribution in [1.82, 2.24) is 4.98 Å². The van der Waals surface area contributed by atoms with Crippen LogP contribution in [0, 0.1) is 0 Å². The lowest BCUT2D eigenvalue weighted by atomic mass is 10.0. The van der Waals surface area contributed by atoms with Gasteiger partial charge in [-0.15, -0.1) is 0 Å². The van der Waals surface area contributed by atoms with Gasteiger partial charge in [0, 0.05) is 16.6 Å². The number of aliphatic imine (C=N–C) groups is 1. The molecule has 1 aromatic heterocycles. The van der Waals surface area contributed by atoms with E-state index in [0.717, 1.165) is 17.3 Å². The third-order valence-corrected chi connectivity index (χ3v) is 8.23. The minimum absolute atomic E-state index is 0.00268. The number of carboxylic acids is 1. The first-order valence-corrected chi connectivity index (χ1v) is 15.2. The molecule has 0 unspecified atom stereocenters. The third-order valence-electron chi connectivity index (χ3n) is 7.29. The van der Waals surface area contributed by atoms with E-state index in [1.165, 1.54) is 4.90 Å². The molecule has 2 amide bonds. The number of para-hydroxylation sites is 2. The molecule has 2 aliphatic heterocycles. The van der Waals surface area contributed by atoms with E-state index in [1.54, 1.807) is 66.7 Å². The molecular formula is C35H24N4O6S. The van der Waals surface area contributed by atoms with Gasteiger partial charge >= 0.3 is 5.97 Å². The summed E-state index contributed by atoms with van der Waals surface area (Å²) in [5.41, 5.74) is 4.13. The molecule has 0 atom stereocenters. The molecule has 3 heterocycles. The number of carbonyl (C=O) groups is 3. The van der Waals surface area contributed by atoms with Crippen molar-refractivity contribution in [2.45, 2.75) is 0 Å². The zero-order valence-electron chi connectivity index (χ0n) is 24.0. The van der Waals surface area contributed by atoms with Crippen molar-refractivity contribution < 1.29 is 29.0 Å². The van der Waals surface area contributed by atoms with Crippen molar-refractivity contribution in [3.05, 3.63) is 120 Å². The summed E-state index contributed by atoms with van der Waals surface area (Å²) in [4.78, 5) is 49.1. The van der Waals surface area contributed by atoms with Crippen LogP contribution in [0.1, 0.15) is 15.9 Å². The second-order valence-electron chi connectivity index (χ2n) is 10.3. The van der Waals surface area contributed by atoms with E-state index in [4.69, 9.17) is 9.47 Å². The monoisotopic (exact) mass is 628 g/mol. The molecule has 2 aliphatic rings. The van der Waals surface area contributed by atoms with Crippen molar-refractivity contribution in [2.24, 2.45) is 4.99 Å². The summed E-state index contributed by atoms with van der Waals surface area (Å²) in [5, 5.41) is 13.5. The number of carbonyl (C=O) groups excluding carboxylic acids is 2. The Morgan fingerprint density at radius 1 is 0.913 bits per heavy atom. The van der Waals surface area contributed by atoms with Gasteiger partial charge in [0.05, 0.1) is 28.2 Å². The van der Waals surface area contributed by atoms with Crippen molar-refractivity contribution in [3.63, 3.8) is 0 Å². The maximum atomic E-state index is 13.5. The molecule has 10 nitrogen and oxygen atoms in total. The molecule has 0 aliphatic carbocycles. The number of hydrogen-bond acceptors (Lipinski definition) is 8. The number of hydrogen-bond donors (Lipinski definition) is 2. The molecular weight excluding hydrogens is 604 g/mol. The molecule has 7 rings (SSSR count). The quantitative estimate of drug-likeness (QED) is 0.197. The third kappa shape index (κ3) is 5.78. The number of nitrogens with one attached hydrogen (secondary N) is 1. The van der Waals surface area contributed by atoms with E-state index >= 15 is 0 Å². The van der Waals surface area contributed by atoms with Gasteiger partial charge in [0.15, 0.2) is 16.7 Å². The zero-order chi connectivity index (χ0) is 31.6. The Morgan fingerprint density at radius 2 is 1.67 bits per heavy atom. The SMILES string of the molecule is O=C(CSC1=N/C(=C\c2ccc3c(c2)OCO3)C(=O)N1c1ccccc1)Nc1ccc(-c2cc(C(=O)O)c3ccccc3n2)cc1. The minimum atomic E-state index is -1.03. The Bertz CT molecular complexity index is 2080. The van der Waals surface area contributed by atoms with E-state index < -0.39 is 5.97 Å². The summed E-state index contributed by atoms with van der Waals surface area (Å²) >= 11 is 1.15. The largest absolute Gasteiger partial charge is 0.478 e. The number of rotatable bonds is 7. The predicted octanol–water partition coefficient (Wildman–Crippen LogP) is 6.44. The first-order valence-electron chi connectivity index (χ1n) is 14.2. The highest BCUT2D eigenvalue weighted by molar-refractivity contribution is 8.14. The van der Waals surface area contributed by atoms with Crippen LogP contribution in [0.3, 0.4) is 0 Å². The molecule has 0 bridgehead atoms. The number of amides is 2. The molecule has 2 N–H and O–H groups in total. The average Bonchev–Trinajstić information content (AvgIpc) is 3.67. The van der Waals surface area contributed by atoms with Gasteiger partial charge in [0.1, 0.15) is 5.70 Å². The van der Waals surface area contributed by atoms with Crippen LogP contribution in [0.5, 0.6) is 11.5 Å². The van der Waals surface area contributed by atoms with Gasteiger partial charge in [-0.25, -0.2) is 14.8 Å². The van der Waals surface area contributed by atoms with Gasteiger partial charge in [-0.3, -0.25) is 14.5 Å². The van der Waals surface area contributed by atoms with Gasteiger partial charge in [-0.1, -0.05) is 66.4 Å². The standard InChI is InChI=1S/C35H24N4O6S/c40-32(36-23-13-11-22(12-14-23)28-18-26(34(42)43)25-8-4-5-9-27(25)37-28)19-46-35-38-29(33(41)39(35)24-6-2-1-3-7-24)16-21-10-15-30-31(17-21)45-20-44-30/h1-18H,19-20H2,(H,36,40)(H,42,43)/b29-16-. The lowest BCUT2D eigenvalue weighted by Crippen LogP contribution is -2.31. The van der Waals surface area contributed by atoms with Gasteiger partial charge in [-0.05, 0) is 60.2 Å². The van der Waals surface area contributed by atoms with Crippen molar-refractivity contribution in [1.29, 1.82) is 0 Å². The summed E-state index contributed by atoms with van der Waals surface area (Å²) < 4.78 is 10.8. The Balaban J connectivity index is 1.07. The smallest absolute Gasteiger partial charge is 0.336 e. The topological polar surface area (TPSA) is 130 Å². The summed E-state index contributed by atoms with van der Waals surface area (Å²) in [7, 11) is 0. The molecule has 46 heavy (non-hydrogen) atoms. The number of aromatic nitrogens is 1. The van der Waals surface area contributed by atoms with Crippen LogP contribution in [0.25, 0.3) is 28.2 Å². The first-order chi connectivity index (χ1) is 22.4. The number of benzene rings is 4. The molecule has 226 valence electrons. The van der Waals surface area contributed by atoms with Gasteiger partial charge < -0.3 is 19.9 Å². The van der Waals surface area contributed by atoms with E-state index in [2.05, 4.69) is 15.3 Å². The first kappa shape index (κ1) is 28.8. The summed E-state index contributed by atoms with van der Waals surface area (Å²) in [6.45, 7) is 0.149. The number of anilines is 2. The molecule has 11 heteroatoms. The Kier molecular flexibility index (Phi) is 7.65. The van der Waals surface area contributed by atoms with E-state index in [0.29, 0.717) is 50.2 Å².